The van der Waals surface area contributed by atoms with Crippen molar-refractivity contribution in [3.63, 3.8) is 0 Å². The minimum absolute atomic E-state index is 0.0324. The van der Waals surface area contributed by atoms with Crippen LogP contribution in [0, 0.1) is 5.92 Å². The van der Waals surface area contributed by atoms with Crippen molar-refractivity contribution in [3.05, 3.63) is 0 Å². The van der Waals surface area contributed by atoms with Gasteiger partial charge in [-0.15, -0.1) is 0 Å². The van der Waals surface area contributed by atoms with Crippen molar-refractivity contribution in [3.8, 4) is 0 Å². The van der Waals surface area contributed by atoms with Gasteiger partial charge in [-0.05, 0) is 37.4 Å². The van der Waals surface area contributed by atoms with Gasteiger partial charge < -0.3 is 5.11 Å². The van der Waals surface area contributed by atoms with Crippen LogP contribution in [0.5, 0.6) is 0 Å². The fourth-order valence-corrected chi connectivity index (χ4v) is 3.08. The molecule has 2 rings (SSSR count). The standard InChI is InChI=1S/C11H21NOS/c1-8(7-14)6-12-9-2-3-10(12)5-11(13)4-9/h8-11,13-14H,2-7H2,1H3. The van der Waals surface area contributed by atoms with Gasteiger partial charge in [0.15, 0.2) is 0 Å². The van der Waals surface area contributed by atoms with Gasteiger partial charge in [0.2, 0.25) is 0 Å². The SMILES string of the molecule is CC(CS)CN1C2CCC1CC(O)C2. The van der Waals surface area contributed by atoms with Crippen LogP contribution in [0.4, 0.5) is 0 Å². The second-order valence-electron chi connectivity index (χ2n) is 4.99. The Kier molecular flexibility index (Phi) is 3.40. The number of hydrogen-bond acceptors (Lipinski definition) is 3. The van der Waals surface area contributed by atoms with E-state index in [1.807, 2.05) is 0 Å². The van der Waals surface area contributed by atoms with E-state index in [0.717, 1.165) is 18.6 Å². The maximum Gasteiger partial charge on any atom is 0.0570 e. The molecule has 3 atom stereocenters. The summed E-state index contributed by atoms with van der Waals surface area (Å²) >= 11 is 4.34. The van der Waals surface area contributed by atoms with E-state index in [1.54, 1.807) is 0 Å². The number of hydrogen-bond donors (Lipinski definition) is 2. The zero-order valence-corrected chi connectivity index (χ0v) is 9.79. The van der Waals surface area contributed by atoms with Crippen LogP contribution < -0.4 is 0 Å². The monoisotopic (exact) mass is 215 g/mol. The van der Waals surface area contributed by atoms with E-state index < -0.39 is 0 Å². The molecular formula is C11H21NOS. The maximum atomic E-state index is 9.66. The molecule has 0 aromatic heterocycles. The summed E-state index contributed by atoms with van der Waals surface area (Å²) in [6, 6.07) is 1.32. The van der Waals surface area contributed by atoms with Crippen LogP contribution in [0.2, 0.25) is 0 Å². The largest absolute Gasteiger partial charge is 0.393 e. The van der Waals surface area contributed by atoms with Crippen molar-refractivity contribution >= 4 is 12.6 Å². The molecule has 0 aliphatic carbocycles. The first-order valence-corrected chi connectivity index (χ1v) is 6.38. The number of aliphatic hydroxyl groups is 1. The maximum absolute atomic E-state index is 9.66. The van der Waals surface area contributed by atoms with Gasteiger partial charge in [0.05, 0.1) is 6.10 Å². The normalized spacial score (nSPS) is 40.1. The van der Waals surface area contributed by atoms with E-state index in [4.69, 9.17) is 0 Å². The molecule has 0 aromatic rings. The van der Waals surface area contributed by atoms with Crippen LogP contribution in [-0.2, 0) is 0 Å². The van der Waals surface area contributed by atoms with E-state index in [0.29, 0.717) is 18.0 Å². The van der Waals surface area contributed by atoms with E-state index in [9.17, 15) is 5.11 Å². The average molecular weight is 215 g/mol. The number of fused-ring (bicyclic) bond motifs is 2. The van der Waals surface area contributed by atoms with Gasteiger partial charge in [-0.1, -0.05) is 6.92 Å². The molecule has 2 bridgehead atoms. The van der Waals surface area contributed by atoms with Gasteiger partial charge >= 0.3 is 0 Å². The van der Waals surface area contributed by atoms with Gasteiger partial charge in [-0.2, -0.15) is 12.6 Å². The van der Waals surface area contributed by atoms with Gasteiger partial charge in [0.1, 0.15) is 0 Å². The fourth-order valence-electron chi connectivity index (χ4n) is 2.96. The third-order valence-corrected chi connectivity index (χ3v) is 4.32. The predicted octanol–water partition coefficient (Wildman–Crippen LogP) is 1.54. The van der Waals surface area contributed by atoms with E-state index in [1.165, 1.54) is 19.4 Å². The second kappa shape index (κ2) is 4.42. The van der Waals surface area contributed by atoms with Crippen LogP contribution in [0.1, 0.15) is 32.6 Å². The Morgan fingerprint density at radius 2 is 1.93 bits per heavy atom. The minimum atomic E-state index is -0.0324. The quantitative estimate of drug-likeness (QED) is 0.698. The Bertz CT molecular complexity index is 186. The van der Waals surface area contributed by atoms with Crippen molar-refractivity contribution in [2.24, 2.45) is 5.92 Å². The van der Waals surface area contributed by atoms with E-state index in [2.05, 4.69) is 24.5 Å². The molecule has 3 heteroatoms. The highest BCUT2D eigenvalue weighted by molar-refractivity contribution is 7.80. The van der Waals surface area contributed by atoms with Crippen molar-refractivity contribution in [1.82, 2.24) is 4.90 Å². The number of thiol groups is 1. The van der Waals surface area contributed by atoms with Crippen molar-refractivity contribution in [2.75, 3.05) is 12.3 Å². The van der Waals surface area contributed by atoms with Gasteiger partial charge in [-0.3, -0.25) is 4.90 Å². The molecular weight excluding hydrogens is 194 g/mol. The van der Waals surface area contributed by atoms with E-state index >= 15 is 0 Å². The summed E-state index contributed by atoms with van der Waals surface area (Å²) < 4.78 is 0. The number of rotatable bonds is 3. The van der Waals surface area contributed by atoms with Crippen LogP contribution in [0.25, 0.3) is 0 Å². The van der Waals surface area contributed by atoms with Crippen LogP contribution >= 0.6 is 12.6 Å². The molecule has 2 fully saturated rings. The Labute approximate surface area is 92.1 Å². The molecule has 3 unspecified atom stereocenters. The summed E-state index contributed by atoms with van der Waals surface area (Å²) in [5, 5.41) is 9.66. The number of nitrogens with zero attached hydrogens (tertiary/aromatic N) is 1. The van der Waals surface area contributed by atoms with E-state index in [-0.39, 0.29) is 6.10 Å². The summed E-state index contributed by atoms with van der Waals surface area (Å²) in [5.74, 6) is 1.65. The molecule has 0 radical (unpaired) electrons. The molecule has 0 aromatic carbocycles. The van der Waals surface area contributed by atoms with Crippen molar-refractivity contribution < 1.29 is 5.11 Å². The van der Waals surface area contributed by atoms with Crippen LogP contribution in [-0.4, -0.2) is 40.5 Å². The third-order valence-electron chi connectivity index (χ3n) is 3.69. The summed E-state index contributed by atoms with van der Waals surface area (Å²) in [7, 11) is 0. The van der Waals surface area contributed by atoms with Crippen molar-refractivity contribution in [2.45, 2.75) is 50.8 Å². The Balaban J connectivity index is 1.94. The molecule has 0 amide bonds. The zero-order valence-electron chi connectivity index (χ0n) is 8.89. The summed E-state index contributed by atoms with van der Waals surface area (Å²) in [5.41, 5.74) is 0. The van der Waals surface area contributed by atoms with Gasteiger partial charge in [0, 0.05) is 18.6 Å². The Hall–Kier alpha value is 0.270. The second-order valence-corrected chi connectivity index (χ2v) is 5.36. The highest BCUT2D eigenvalue weighted by Crippen LogP contribution is 2.36. The smallest absolute Gasteiger partial charge is 0.0570 e. The lowest BCUT2D eigenvalue weighted by Crippen LogP contribution is -2.46. The number of aliphatic hydroxyl groups excluding tert-OH is 1. The highest BCUT2D eigenvalue weighted by atomic mass is 32.1. The van der Waals surface area contributed by atoms with Crippen LogP contribution in [0.15, 0.2) is 0 Å². The molecule has 0 spiro atoms. The first-order chi connectivity index (χ1) is 6.70. The molecule has 1 N–H and O–H groups in total. The van der Waals surface area contributed by atoms with Crippen molar-refractivity contribution in [1.29, 1.82) is 0 Å². The molecule has 2 saturated heterocycles. The Morgan fingerprint density at radius 3 is 2.43 bits per heavy atom. The molecule has 2 aliphatic heterocycles. The van der Waals surface area contributed by atoms with Gasteiger partial charge in [-0.25, -0.2) is 0 Å². The molecule has 14 heavy (non-hydrogen) atoms. The lowest BCUT2D eigenvalue weighted by molar-refractivity contribution is 0.0298. The molecule has 2 nitrogen and oxygen atoms in total. The first kappa shape index (κ1) is 10.8. The average Bonchev–Trinajstić information content (AvgIpc) is 2.41. The summed E-state index contributed by atoms with van der Waals surface area (Å²) in [4.78, 5) is 2.62. The molecule has 2 aliphatic rings. The first-order valence-electron chi connectivity index (χ1n) is 5.75. The fraction of sp³-hybridized carbons (Fsp3) is 1.00. The molecule has 82 valence electrons. The van der Waals surface area contributed by atoms with Crippen LogP contribution in [0.3, 0.4) is 0 Å². The molecule has 2 heterocycles. The van der Waals surface area contributed by atoms with Gasteiger partial charge in [0.25, 0.3) is 0 Å². The topological polar surface area (TPSA) is 23.5 Å². The number of piperidine rings is 1. The zero-order chi connectivity index (χ0) is 10.1. The lowest BCUT2D eigenvalue weighted by Gasteiger charge is -2.38. The summed E-state index contributed by atoms with van der Waals surface area (Å²) in [6.07, 6.45) is 4.54. The third kappa shape index (κ3) is 2.10. The summed E-state index contributed by atoms with van der Waals surface area (Å²) in [6.45, 7) is 3.43. The minimum Gasteiger partial charge on any atom is -0.393 e. The highest BCUT2D eigenvalue weighted by Gasteiger charge is 2.40. The lowest BCUT2D eigenvalue weighted by atomic mass is 9.98. The Morgan fingerprint density at radius 1 is 1.36 bits per heavy atom. The predicted molar refractivity (Wildman–Crippen MR) is 61.8 cm³/mol. The molecule has 0 saturated carbocycles.